The largest absolute Gasteiger partial charge is 0.501 e. The summed E-state index contributed by atoms with van der Waals surface area (Å²) < 4.78 is 5.11. The molecule has 0 atom stereocenters. The fourth-order valence-electron chi connectivity index (χ4n) is 0.965. The van der Waals surface area contributed by atoms with Crippen LogP contribution in [-0.4, -0.2) is 23.7 Å². The van der Waals surface area contributed by atoms with E-state index in [1.807, 2.05) is 0 Å². The number of carbonyl (C=O) groups is 1. The minimum Gasteiger partial charge on any atom is -0.501 e. The van der Waals surface area contributed by atoms with E-state index in [1.54, 1.807) is 18.2 Å². The van der Waals surface area contributed by atoms with Gasteiger partial charge in [-0.15, -0.1) is 0 Å². The second-order valence-corrected chi connectivity index (χ2v) is 4.51. The van der Waals surface area contributed by atoms with Gasteiger partial charge in [-0.2, -0.15) is 0 Å². The third-order valence-electron chi connectivity index (χ3n) is 1.84. The molecule has 0 rings (SSSR count). The van der Waals surface area contributed by atoms with Crippen LogP contribution in [0.25, 0.3) is 0 Å². The SMILES string of the molecule is N=C/C=C\C=C/OCCC(=O)SCC/C(N)=C/NN. The van der Waals surface area contributed by atoms with Gasteiger partial charge in [0, 0.05) is 23.9 Å². The van der Waals surface area contributed by atoms with Crippen molar-refractivity contribution in [3.8, 4) is 0 Å². The molecule has 0 aliphatic heterocycles. The topological polar surface area (TPSA) is 114 Å². The fourth-order valence-corrected chi connectivity index (χ4v) is 1.76. The maximum Gasteiger partial charge on any atom is 0.192 e. The highest BCUT2D eigenvalue weighted by Crippen LogP contribution is 2.09. The van der Waals surface area contributed by atoms with Gasteiger partial charge in [0.1, 0.15) is 0 Å². The minimum absolute atomic E-state index is 0.0666. The Bertz CT molecular complexity index is 354. The highest BCUT2D eigenvalue weighted by molar-refractivity contribution is 8.13. The molecule has 106 valence electrons. The third-order valence-corrected chi connectivity index (χ3v) is 2.77. The molecule has 6 nitrogen and oxygen atoms in total. The standard InChI is InChI=1S/C12H20N4O2S/c13-6-2-1-3-7-18-8-4-12(17)19-9-5-11(14)10-16-15/h1-3,6-7,10,13,16H,4-5,8-9,14-15H2/b2-1-,7-3-,11-10-,13-6?. The zero-order chi connectivity index (χ0) is 14.3. The highest BCUT2D eigenvalue weighted by Gasteiger charge is 2.02. The second-order valence-electron chi connectivity index (χ2n) is 3.36. The molecule has 0 saturated heterocycles. The molecular weight excluding hydrogens is 264 g/mol. The van der Waals surface area contributed by atoms with Crippen molar-refractivity contribution in [2.75, 3.05) is 12.4 Å². The van der Waals surface area contributed by atoms with Crippen LogP contribution in [0.15, 0.2) is 36.4 Å². The van der Waals surface area contributed by atoms with Gasteiger partial charge in [0.25, 0.3) is 0 Å². The van der Waals surface area contributed by atoms with Crippen molar-refractivity contribution in [2.45, 2.75) is 12.8 Å². The smallest absolute Gasteiger partial charge is 0.192 e. The molecule has 0 aliphatic rings. The summed E-state index contributed by atoms with van der Waals surface area (Å²) >= 11 is 1.23. The van der Waals surface area contributed by atoms with Crippen LogP contribution in [0.3, 0.4) is 0 Å². The zero-order valence-corrected chi connectivity index (χ0v) is 11.5. The Labute approximate surface area is 117 Å². The number of ether oxygens (including phenoxy) is 1. The molecule has 0 radical (unpaired) electrons. The van der Waals surface area contributed by atoms with Crippen molar-refractivity contribution < 1.29 is 9.53 Å². The van der Waals surface area contributed by atoms with Crippen LogP contribution in [0.5, 0.6) is 0 Å². The summed E-state index contributed by atoms with van der Waals surface area (Å²) in [5.74, 6) is 5.69. The summed E-state index contributed by atoms with van der Waals surface area (Å²) in [6, 6.07) is 0. The lowest BCUT2D eigenvalue weighted by Gasteiger charge is -2.02. The van der Waals surface area contributed by atoms with E-state index in [1.165, 1.54) is 30.4 Å². The molecule has 0 saturated carbocycles. The fraction of sp³-hybridized carbons (Fsp3) is 0.333. The van der Waals surface area contributed by atoms with Gasteiger partial charge in [0.05, 0.1) is 19.3 Å². The average Bonchev–Trinajstić information content (AvgIpc) is 2.38. The Balaban J connectivity index is 3.55. The normalized spacial score (nSPS) is 11.9. The van der Waals surface area contributed by atoms with E-state index in [0.717, 1.165) is 0 Å². The summed E-state index contributed by atoms with van der Waals surface area (Å²) in [7, 11) is 0. The Hall–Kier alpha value is -1.73. The lowest BCUT2D eigenvalue weighted by atomic mass is 10.4. The van der Waals surface area contributed by atoms with Crippen LogP contribution in [0, 0.1) is 5.41 Å². The molecule has 19 heavy (non-hydrogen) atoms. The molecule has 0 heterocycles. The molecule has 7 heteroatoms. The third kappa shape index (κ3) is 12.5. The maximum atomic E-state index is 11.4. The van der Waals surface area contributed by atoms with Crippen LogP contribution < -0.4 is 17.0 Å². The monoisotopic (exact) mass is 284 g/mol. The Morgan fingerprint density at radius 2 is 2.11 bits per heavy atom. The summed E-state index contributed by atoms with van der Waals surface area (Å²) in [5, 5.41) is 6.81. The summed E-state index contributed by atoms with van der Waals surface area (Å²) in [6.45, 7) is 0.344. The van der Waals surface area contributed by atoms with E-state index in [9.17, 15) is 4.79 Å². The van der Waals surface area contributed by atoms with Crippen LogP contribution in [-0.2, 0) is 9.53 Å². The lowest BCUT2D eigenvalue weighted by Crippen LogP contribution is -2.16. The predicted octanol–water partition coefficient (Wildman–Crippen LogP) is 1.03. The molecule has 6 N–H and O–H groups in total. The van der Waals surface area contributed by atoms with Gasteiger partial charge in [-0.1, -0.05) is 17.8 Å². The molecular formula is C12H20N4O2S. The number of thioether (sulfide) groups is 1. The van der Waals surface area contributed by atoms with Gasteiger partial charge in [-0.05, 0) is 18.6 Å². The molecule has 0 aromatic heterocycles. The molecule has 0 aromatic rings. The quantitative estimate of drug-likeness (QED) is 0.119. The van der Waals surface area contributed by atoms with E-state index in [-0.39, 0.29) is 5.12 Å². The number of hydrogen-bond donors (Lipinski definition) is 4. The van der Waals surface area contributed by atoms with Crippen molar-refractivity contribution in [3.05, 3.63) is 36.4 Å². The van der Waals surface area contributed by atoms with Crippen molar-refractivity contribution in [1.82, 2.24) is 5.43 Å². The van der Waals surface area contributed by atoms with E-state index < -0.39 is 0 Å². The van der Waals surface area contributed by atoms with Crippen LogP contribution >= 0.6 is 11.8 Å². The number of carbonyl (C=O) groups excluding carboxylic acids is 1. The Kier molecular flexibility index (Phi) is 11.6. The molecule has 0 fully saturated rings. The zero-order valence-electron chi connectivity index (χ0n) is 10.7. The number of allylic oxidation sites excluding steroid dienone is 4. The summed E-state index contributed by atoms with van der Waals surface area (Å²) in [4.78, 5) is 11.4. The van der Waals surface area contributed by atoms with E-state index in [2.05, 4.69) is 5.43 Å². The Morgan fingerprint density at radius 1 is 1.32 bits per heavy atom. The van der Waals surface area contributed by atoms with Crippen molar-refractivity contribution >= 4 is 23.1 Å². The van der Waals surface area contributed by atoms with E-state index in [4.69, 9.17) is 21.7 Å². The summed E-state index contributed by atoms with van der Waals surface area (Å²) in [5.41, 5.74) is 8.54. The molecule has 0 aliphatic carbocycles. The first-order chi connectivity index (χ1) is 9.20. The molecule has 0 aromatic carbocycles. The van der Waals surface area contributed by atoms with Crippen LogP contribution in [0.1, 0.15) is 12.8 Å². The first-order valence-electron chi connectivity index (χ1n) is 5.71. The predicted molar refractivity (Wildman–Crippen MR) is 79.3 cm³/mol. The van der Waals surface area contributed by atoms with Crippen molar-refractivity contribution in [2.24, 2.45) is 11.6 Å². The number of nitrogens with two attached hydrogens (primary N) is 2. The van der Waals surface area contributed by atoms with Crippen molar-refractivity contribution in [1.29, 1.82) is 5.41 Å². The minimum atomic E-state index is 0.0666. The van der Waals surface area contributed by atoms with Gasteiger partial charge in [-0.3, -0.25) is 10.6 Å². The number of hydrogen-bond acceptors (Lipinski definition) is 7. The molecule has 0 amide bonds. The summed E-state index contributed by atoms with van der Waals surface area (Å²) in [6.07, 6.45) is 10.0. The van der Waals surface area contributed by atoms with Crippen LogP contribution in [0.4, 0.5) is 0 Å². The van der Waals surface area contributed by atoms with E-state index in [0.29, 0.717) is 30.9 Å². The average molecular weight is 284 g/mol. The molecule has 0 spiro atoms. The first kappa shape index (κ1) is 17.3. The highest BCUT2D eigenvalue weighted by atomic mass is 32.2. The Morgan fingerprint density at radius 3 is 2.79 bits per heavy atom. The number of rotatable bonds is 10. The number of nitrogens with one attached hydrogen (secondary N) is 2. The lowest BCUT2D eigenvalue weighted by molar-refractivity contribution is -0.111. The number of hydrazine groups is 1. The first-order valence-corrected chi connectivity index (χ1v) is 6.69. The maximum absolute atomic E-state index is 11.4. The molecule has 0 bridgehead atoms. The van der Waals surface area contributed by atoms with Gasteiger partial charge in [0.2, 0.25) is 0 Å². The van der Waals surface area contributed by atoms with Gasteiger partial charge >= 0.3 is 0 Å². The second kappa shape index (κ2) is 12.7. The van der Waals surface area contributed by atoms with Gasteiger partial charge < -0.3 is 21.3 Å². The van der Waals surface area contributed by atoms with Gasteiger partial charge in [-0.25, -0.2) is 0 Å². The van der Waals surface area contributed by atoms with Gasteiger partial charge in [0.15, 0.2) is 5.12 Å². The van der Waals surface area contributed by atoms with Crippen LogP contribution in [0.2, 0.25) is 0 Å². The van der Waals surface area contributed by atoms with E-state index >= 15 is 0 Å². The molecule has 0 unspecified atom stereocenters. The van der Waals surface area contributed by atoms with Crippen molar-refractivity contribution in [3.63, 3.8) is 0 Å².